The van der Waals surface area contributed by atoms with Crippen LogP contribution in [0.15, 0.2) is 48.5 Å². The topological polar surface area (TPSA) is 64.4 Å². The number of anilines is 1. The van der Waals surface area contributed by atoms with Crippen LogP contribution in [-0.2, 0) is 6.54 Å². The molecule has 2 aromatic rings. The average molecular weight is 347 g/mol. The summed E-state index contributed by atoms with van der Waals surface area (Å²) in [7, 11) is 0. The summed E-state index contributed by atoms with van der Waals surface area (Å²) >= 11 is 0. The third kappa shape index (κ3) is 4.49. The summed E-state index contributed by atoms with van der Waals surface area (Å²) in [4.78, 5) is 12.4. The molecule has 128 valence electrons. The Balaban J connectivity index is 0.00000208. The fraction of sp³-hybridized carbons (Fsp3) is 0.316. The van der Waals surface area contributed by atoms with Gasteiger partial charge in [0.25, 0.3) is 5.91 Å². The maximum atomic E-state index is 12.4. The largest absolute Gasteiger partial charge is 0.488 e. The molecule has 3 N–H and O–H groups in total. The van der Waals surface area contributed by atoms with Crippen molar-refractivity contribution in [2.45, 2.75) is 38.3 Å². The molecule has 1 amide bonds. The van der Waals surface area contributed by atoms with Gasteiger partial charge in [-0.15, -0.1) is 12.4 Å². The molecule has 0 heterocycles. The first kappa shape index (κ1) is 18.3. The predicted octanol–water partition coefficient (Wildman–Crippen LogP) is 4.14. The van der Waals surface area contributed by atoms with Crippen LogP contribution in [0.1, 0.15) is 41.6 Å². The van der Waals surface area contributed by atoms with Crippen molar-refractivity contribution in [1.29, 1.82) is 0 Å². The van der Waals surface area contributed by atoms with Crippen LogP contribution in [0.25, 0.3) is 0 Å². The number of rotatable bonds is 5. The molecular weight excluding hydrogens is 324 g/mol. The summed E-state index contributed by atoms with van der Waals surface area (Å²) < 4.78 is 6.05. The monoisotopic (exact) mass is 346 g/mol. The first-order valence-corrected chi connectivity index (χ1v) is 8.12. The summed E-state index contributed by atoms with van der Waals surface area (Å²) in [5, 5.41) is 2.94. The second-order valence-corrected chi connectivity index (χ2v) is 5.88. The number of amides is 1. The molecule has 1 aliphatic rings. The minimum Gasteiger partial charge on any atom is -0.488 e. The van der Waals surface area contributed by atoms with E-state index in [1.807, 2.05) is 36.4 Å². The second kappa shape index (κ2) is 8.71. The van der Waals surface area contributed by atoms with Crippen LogP contribution in [0.3, 0.4) is 0 Å². The van der Waals surface area contributed by atoms with Crippen LogP contribution >= 0.6 is 12.4 Å². The molecule has 0 aliphatic heterocycles. The molecule has 2 aromatic carbocycles. The Morgan fingerprint density at radius 2 is 1.75 bits per heavy atom. The number of nitrogens with two attached hydrogens (primary N) is 1. The first-order chi connectivity index (χ1) is 11.3. The quantitative estimate of drug-likeness (QED) is 0.855. The molecule has 1 aliphatic carbocycles. The highest BCUT2D eigenvalue weighted by Gasteiger charge is 2.18. The zero-order valence-corrected chi connectivity index (χ0v) is 14.4. The van der Waals surface area contributed by atoms with Crippen molar-refractivity contribution in [2.24, 2.45) is 5.73 Å². The summed E-state index contributed by atoms with van der Waals surface area (Å²) in [5.74, 6) is 0.599. The molecule has 4 nitrogen and oxygen atoms in total. The van der Waals surface area contributed by atoms with Crippen LogP contribution in [0.5, 0.6) is 5.75 Å². The van der Waals surface area contributed by atoms with Crippen molar-refractivity contribution in [3.8, 4) is 5.75 Å². The van der Waals surface area contributed by atoms with Crippen LogP contribution in [0, 0.1) is 0 Å². The minimum absolute atomic E-state index is 0. The van der Waals surface area contributed by atoms with Gasteiger partial charge in [-0.3, -0.25) is 4.79 Å². The summed E-state index contributed by atoms with van der Waals surface area (Å²) in [5.41, 5.74) is 7.91. The van der Waals surface area contributed by atoms with Gasteiger partial charge in [-0.05, 0) is 55.5 Å². The zero-order chi connectivity index (χ0) is 16.1. The fourth-order valence-electron chi connectivity index (χ4n) is 2.85. The molecule has 0 spiro atoms. The molecule has 0 aromatic heterocycles. The number of benzene rings is 2. The van der Waals surface area contributed by atoms with E-state index in [-0.39, 0.29) is 24.4 Å². The van der Waals surface area contributed by atoms with Gasteiger partial charge in [0.2, 0.25) is 0 Å². The maximum absolute atomic E-state index is 12.4. The molecule has 0 radical (unpaired) electrons. The van der Waals surface area contributed by atoms with Crippen LogP contribution in [0.2, 0.25) is 0 Å². The SMILES string of the molecule is Cl.NCc1ccc(C(=O)Nc2ccccc2OC2CCCC2)cc1. The molecular formula is C19H23ClN2O2. The van der Waals surface area contributed by atoms with Crippen molar-refractivity contribution in [2.75, 3.05) is 5.32 Å². The number of hydrogen-bond acceptors (Lipinski definition) is 3. The summed E-state index contributed by atoms with van der Waals surface area (Å²) in [6.07, 6.45) is 4.86. The van der Waals surface area contributed by atoms with Crippen molar-refractivity contribution in [3.63, 3.8) is 0 Å². The van der Waals surface area contributed by atoms with Gasteiger partial charge in [-0.25, -0.2) is 0 Å². The molecule has 3 rings (SSSR count). The minimum atomic E-state index is -0.143. The normalized spacial score (nSPS) is 14.0. The lowest BCUT2D eigenvalue weighted by Crippen LogP contribution is -2.16. The van der Waals surface area contributed by atoms with E-state index >= 15 is 0 Å². The number of para-hydroxylation sites is 2. The lowest BCUT2D eigenvalue weighted by molar-refractivity contribution is 0.102. The van der Waals surface area contributed by atoms with E-state index in [0.717, 1.165) is 24.2 Å². The van der Waals surface area contributed by atoms with Crippen LogP contribution in [0.4, 0.5) is 5.69 Å². The molecule has 0 saturated heterocycles. The third-order valence-corrected chi connectivity index (χ3v) is 4.18. The number of carbonyl (C=O) groups is 1. The second-order valence-electron chi connectivity index (χ2n) is 5.88. The van der Waals surface area contributed by atoms with E-state index in [9.17, 15) is 4.79 Å². The molecule has 0 atom stereocenters. The lowest BCUT2D eigenvalue weighted by Gasteiger charge is -2.17. The highest BCUT2D eigenvalue weighted by atomic mass is 35.5. The first-order valence-electron chi connectivity index (χ1n) is 8.12. The summed E-state index contributed by atoms with van der Waals surface area (Å²) in [6.45, 7) is 0.472. The molecule has 5 heteroatoms. The van der Waals surface area contributed by atoms with Crippen molar-refractivity contribution < 1.29 is 9.53 Å². The van der Waals surface area contributed by atoms with E-state index < -0.39 is 0 Å². The third-order valence-electron chi connectivity index (χ3n) is 4.18. The Morgan fingerprint density at radius 3 is 2.42 bits per heavy atom. The van der Waals surface area contributed by atoms with Crippen LogP contribution in [-0.4, -0.2) is 12.0 Å². The standard InChI is InChI=1S/C19H22N2O2.ClH/c20-13-14-9-11-15(12-10-14)19(22)21-17-7-3-4-8-18(17)23-16-5-1-2-6-16;/h3-4,7-12,16H,1-2,5-6,13,20H2,(H,21,22);1H. The number of hydrogen-bond donors (Lipinski definition) is 2. The van der Waals surface area contributed by atoms with Gasteiger partial charge < -0.3 is 15.8 Å². The van der Waals surface area contributed by atoms with E-state index in [0.29, 0.717) is 17.8 Å². The number of nitrogens with one attached hydrogen (secondary N) is 1. The molecule has 24 heavy (non-hydrogen) atoms. The zero-order valence-electron chi connectivity index (χ0n) is 13.5. The number of ether oxygens (including phenoxy) is 1. The summed E-state index contributed by atoms with van der Waals surface area (Å²) in [6, 6.07) is 14.9. The molecule has 0 bridgehead atoms. The van der Waals surface area contributed by atoms with Gasteiger partial charge in [-0.2, -0.15) is 0 Å². The Hall–Kier alpha value is -2.04. The van der Waals surface area contributed by atoms with Gasteiger partial charge in [0.05, 0.1) is 11.8 Å². The van der Waals surface area contributed by atoms with Gasteiger partial charge in [-0.1, -0.05) is 24.3 Å². The van der Waals surface area contributed by atoms with Crippen molar-refractivity contribution in [1.82, 2.24) is 0 Å². The molecule has 1 fully saturated rings. The molecule has 1 saturated carbocycles. The highest BCUT2D eigenvalue weighted by Crippen LogP contribution is 2.30. The van der Waals surface area contributed by atoms with Crippen molar-refractivity contribution in [3.05, 3.63) is 59.7 Å². The predicted molar refractivity (Wildman–Crippen MR) is 98.9 cm³/mol. The Kier molecular flexibility index (Phi) is 6.64. The van der Waals surface area contributed by atoms with E-state index in [1.165, 1.54) is 12.8 Å². The Bertz CT molecular complexity index is 667. The average Bonchev–Trinajstić information content (AvgIpc) is 3.10. The molecule has 0 unspecified atom stereocenters. The van der Waals surface area contributed by atoms with E-state index in [2.05, 4.69) is 5.32 Å². The van der Waals surface area contributed by atoms with Gasteiger partial charge in [0, 0.05) is 12.1 Å². The Morgan fingerprint density at radius 1 is 1.08 bits per heavy atom. The Labute approximate surface area is 148 Å². The maximum Gasteiger partial charge on any atom is 0.255 e. The van der Waals surface area contributed by atoms with E-state index in [1.54, 1.807) is 12.1 Å². The highest BCUT2D eigenvalue weighted by molar-refractivity contribution is 6.05. The smallest absolute Gasteiger partial charge is 0.255 e. The van der Waals surface area contributed by atoms with E-state index in [4.69, 9.17) is 10.5 Å². The fourth-order valence-corrected chi connectivity index (χ4v) is 2.85. The van der Waals surface area contributed by atoms with Gasteiger partial charge >= 0.3 is 0 Å². The number of halogens is 1. The van der Waals surface area contributed by atoms with Crippen LogP contribution < -0.4 is 15.8 Å². The van der Waals surface area contributed by atoms with Gasteiger partial charge in [0.1, 0.15) is 5.75 Å². The number of carbonyl (C=O) groups excluding carboxylic acids is 1. The lowest BCUT2D eigenvalue weighted by atomic mass is 10.1. The van der Waals surface area contributed by atoms with Gasteiger partial charge in [0.15, 0.2) is 0 Å². The van der Waals surface area contributed by atoms with Crippen molar-refractivity contribution >= 4 is 24.0 Å².